The summed E-state index contributed by atoms with van der Waals surface area (Å²) in [6.45, 7) is 1.29. The van der Waals surface area contributed by atoms with Crippen molar-refractivity contribution in [3.8, 4) is 5.75 Å². The molecule has 1 N–H and O–H groups in total. The van der Waals surface area contributed by atoms with Gasteiger partial charge in [-0.1, -0.05) is 0 Å². The summed E-state index contributed by atoms with van der Waals surface area (Å²) < 4.78 is 24.6. The van der Waals surface area contributed by atoms with Crippen molar-refractivity contribution in [3.05, 3.63) is 18.2 Å². The van der Waals surface area contributed by atoms with Crippen molar-refractivity contribution < 1.29 is 48.2 Å². The summed E-state index contributed by atoms with van der Waals surface area (Å²) in [5, 5.41) is 10.8. The molecule has 0 bridgehead atoms. The van der Waals surface area contributed by atoms with Gasteiger partial charge in [0.15, 0.2) is 11.1 Å². The quantitative estimate of drug-likeness (QED) is 0.283. The zero-order valence-electron chi connectivity index (χ0n) is 9.26. The molecule has 0 aliphatic rings. The van der Waals surface area contributed by atoms with Crippen molar-refractivity contribution >= 4 is 22.7 Å². The van der Waals surface area contributed by atoms with E-state index in [4.69, 9.17) is 9.29 Å². The van der Waals surface area contributed by atoms with E-state index in [2.05, 4.69) is 4.99 Å². The van der Waals surface area contributed by atoms with E-state index in [0.29, 0.717) is 5.75 Å². The Kier molecular flexibility index (Phi) is 6.85. The van der Waals surface area contributed by atoms with Gasteiger partial charge in [-0.15, -0.1) is 0 Å². The molecule has 0 radical (unpaired) electrons. The summed E-state index contributed by atoms with van der Waals surface area (Å²) in [6, 6.07) is 4.27. The third kappa shape index (κ3) is 4.23. The van der Waals surface area contributed by atoms with E-state index in [9.17, 15) is 9.32 Å². The van der Waals surface area contributed by atoms with Crippen LogP contribution in [0.5, 0.6) is 5.75 Å². The molecule has 7 heteroatoms. The second-order valence-electron chi connectivity index (χ2n) is 2.71. The van der Waals surface area contributed by atoms with Crippen molar-refractivity contribution in [1.29, 1.82) is 0 Å². The fraction of sp³-hybridized carbons (Fsp3) is 0.222. The number of methoxy groups -OCH3 is 1. The standard InChI is InChI=1S/C9H11NO4S.Na/c1-6(11)10-8-5-7(15(12)13)3-4-9(8)14-2;/h3-5H,1-2H3,(H,10,11)(H,12,13);/q;+1/p-1. The summed E-state index contributed by atoms with van der Waals surface area (Å²) in [5.41, 5.74) is 0.255. The molecule has 1 unspecified atom stereocenters. The van der Waals surface area contributed by atoms with Crippen LogP contribution in [-0.2, 0) is 11.1 Å². The fourth-order valence-electron chi connectivity index (χ4n) is 1.04. The first-order chi connectivity index (χ1) is 7.04. The summed E-state index contributed by atoms with van der Waals surface area (Å²) in [7, 11) is 1.43. The number of aliphatic imine (C=N–C) groups is 1. The molecular formula is C9H10NNaO4S. The molecule has 1 atom stereocenters. The molecule has 0 aliphatic heterocycles. The predicted molar refractivity (Wildman–Crippen MR) is 54.8 cm³/mol. The van der Waals surface area contributed by atoms with Crippen LogP contribution in [-0.4, -0.2) is 21.8 Å². The van der Waals surface area contributed by atoms with Crippen LogP contribution >= 0.6 is 0 Å². The zero-order valence-corrected chi connectivity index (χ0v) is 12.1. The fourth-order valence-corrected chi connectivity index (χ4v) is 1.43. The number of hydrogen-bond donors (Lipinski definition) is 1. The normalized spacial score (nSPS) is 12.8. The van der Waals surface area contributed by atoms with Gasteiger partial charge in [0.25, 0.3) is 0 Å². The Bertz CT molecular complexity index is 418. The number of hydrogen-bond acceptors (Lipinski definition) is 4. The minimum Gasteiger partial charge on any atom is -0.862 e. The summed E-state index contributed by atoms with van der Waals surface area (Å²) >= 11 is -2.09. The molecule has 1 rings (SSSR count). The van der Waals surface area contributed by atoms with E-state index in [1.165, 1.54) is 32.2 Å². The molecule has 0 amide bonds. The maximum atomic E-state index is 10.8. The largest absolute Gasteiger partial charge is 1.00 e. The van der Waals surface area contributed by atoms with Crippen LogP contribution in [0.1, 0.15) is 6.92 Å². The molecule has 0 saturated heterocycles. The second kappa shape index (κ2) is 7.03. The van der Waals surface area contributed by atoms with Crippen LogP contribution in [0.4, 0.5) is 5.69 Å². The van der Waals surface area contributed by atoms with Gasteiger partial charge in [0, 0.05) is 0 Å². The van der Waals surface area contributed by atoms with Crippen LogP contribution in [0.2, 0.25) is 0 Å². The van der Waals surface area contributed by atoms with Gasteiger partial charge in [-0.25, -0.2) is 4.21 Å². The Hall–Kier alpha value is -0.400. The van der Waals surface area contributed by atoms with Crippen LogP contribution < -0.4 is 39.4 Å². The second-order valence-corrected chi connectivity index (χ2v) is 3.68. The molecule has 0 heterocycles. The van der Waals surface area contributed by atoms with Crippen LogP contribution in [0.3, 0.4) is 0 Å². The average Bonchev–Trinajstić information content (AvgIpc) is 2.16. The van der Waals surface area contributed by atoms with E-state index >= 15 is 0 Å². The molecular weight excluding hydrogens is 241 g/mol. The molecule has 1 aromatic rings. The minimum absolute atomic E-state index is 0. The molecule has 0 fully saturated rings. The Labute approximate surface area is 118 Å². The Morgan fingerprint density at radius 3 is 2.62 bits per heavy atom. The monoisotopic (exact) mass is 251 g/mol. The van der Waals surface area contributed by atoms with E-state index < -0.39 is 17.0 Å². The van der Waals surface area contributed by atoms with Gasteiger partial charge in [-0.3, -0.25) is 4.99 Å². The van der Waals surface area contributed by atoms with E-state index in [1.54, 1.807) is 0 Å². The van der Waals surface area contributed by atoms with E-state index in [-0.39, 0.29) is 40.1 Å². The Balaban J connectivity index is 0.00000225. The van der Waals surface area contributed by atoms with Crippen molar-refractivity contribution in [2.45, 2.75) is 11.8 Å². The van der Waals surface area contributed by atoms with Gasteiger partial charge in [-0.05, 0) is 31.0 Å². The number of ether oxygens (including phenoxy) is 1. The topological polar surface area (TPSA) is 82.0 Å². The molecule has 5 nitrogen and oxygen atoms in total. The van der Waals surface area contributed by atoms with Crippen molar-refractivity contribution in [3.63, 3.8) is 0 Å². The van der Waals surface area contributed by atoms with Gasteiger partial charge in [0.1, 0.15) is 11.4 Å². The molecule has 0 saturated carbocycles. The third-order valence-electron chi connectivity index (χ3n) is 1.63. The number of rotatable bonds is 3. The number of benzene rings is 1. The van der Waals surface area contributed by atoms with E-state index in [0.717, 1.165) is 0 Å². The molecule has 0 spiro atoms. The molecule has 82 valence electrons. The average molecular weight is 251 g/mol. The molecule has 0 aromatic heterocycles. The van der Waals surface area contributed by atoms with Crippen LogP contribution in [0, 0.1) is 0 Å². The van der Waals surface area contributed by atoms with Gasteiger partial charge in [-0.2, -0.15) is 0 Å². The maximum absolute atomic E-state index is 10.8. The smallest absolute Gasteiger partial charge is 0.862 e. The summed E-state index contributed by atoms with van der Waals surface area (Å²) in [5.74, 6) is -0.00595. The summed E-state index contributed by atoms with van der Waals surface area (Å²) in [6.07, 6.45) is 0. The predicted octanol–water partition coefficient (Wildman–Crippen LogP) is -2.31. The molecule has 1 aromatic carbocycles. The SMILES string of the molecule is COc1ccc(S(=O)O)cc1N=C(C)[O-].[Na+]. The van der Waals surface area contributed by atoms with Crippen molar-refractivity contribution in [1.82, 2.24) is 0 Å². The first-order valence-electron chi connectivity index (χ1n) is 4.06. The van der Waals surface area contributed by atoms with Gasteiger partial charge >= 0.3 is 29.6 Å². The van der Waals surface area contributed by atoms with Crippen molar-refractivity contribution in [2.75, 3.05) is 7.11 Å². The third-order valence-corrected chi connectivity index (χ3v) is 2.29. The van der Waals surface area contributed by atoms with Gasteiger partial charge < -0.3 is 14.4 Å². The van der Waals surface area contributed by atoms with Crippen LogP contribution in [0.15, 0.2) is 28.1 Å². The first kappa shape index (κ1) is 15.6. The Morgan fingerprint density at radius 2 is 2.19 bits per heavy atom. The molecule has 16 heavy (non-hydrogen) atoms. The first-order valence-corrected chi connectivity index (χ1v) is 5.16. The number of nitrogens with zero attached hydrogens (tertiary/aromatic N) is 1. The van der Waals surface area contributed by atoms with Gasteiger partial charge in [0.05, 0.1) is 12.0 Å². The zero-order chi connectivity index (χ0) is 11.4. The van der Waals surface area contributed by atoms with E-state index in [1.807, 2.05) is 0 Å². The Morgan fingerprint density at radius 1 is 1.56 bits per heavy atom. The maximum Gasteiger partial charge on any atom is 1.00 e. The summed E-state index contributed by atoms with van der Waals surface area (Å²) in [4.78, 5) is 3.84. The van der Waals surface area contributed by atoms with Crippen molar-refractivity contribution in [2.24, 2.45) is 4.99 Å². The minimum atomic E-state index is -2.09. The van der Waals surface area contributed by atoms with Crippen LogP contribution in [0.25, 0.3) is 0 Å². The van der Waals surface area contributed by atoms with Gasteiger partial charge in [0.2, 0.25) is 0 Å². The molecule has 0 aliphatic carbocycles.